The highest BCUT2D eigenvalue weighted by Gasteiger charge is 2.50. The van der Waals surface area contributed by atoms with Gasteiger partial charge in [-0.1, -0.05) is 52.2 Å². The van der Waals surface area contributed by atoms with Gasteiger partial charge in [-0.2, -0.15) is 0 Å². The molecule has 2 aliphatic carbocycles. The van der Waals surface area contributed by atoms with E-state index in [0.29, 0.717) is 5.41 Å². The number of hydrogen-bond acceptors (Lipinski definition) is 2. The first kappa shape index (κ1) is 17.2. The van der Waals surface area contributed by atoms with Gasteiger partial charge in [-0.25, -0.2) is 0 Å². The molecule has 1 atom stereocenters. The molecule has 0 spiro atoms. The molecule has 0 amide bonds. The fraction of sp³-hybridized carbons (Fsp3) is 0.889. The van der Waals surface area contributed by atoms with Crippen LogP contribution in [-0.4, -0.2) is 26.1 Å². The van der Waals surface area contributed by atoms with Crippen LogP contribution in [-0.2, 0) is 4.43 Å². The van der Waals surface area contributed by atoms with Crippen molar-refractivity contribution >= 4 is 8.32 Å². The van der Waals surface area contributed by atoms with Crippen molar-refractivity contribution in [2.45, 2.75) is 83.5 Å². The molecule has 0 aromatic carbocycles. The van der Waals surface area contributed by atoms with Gasteiger partial charge in [0.2, 0.25) is 0 Å². The van der Waals surface area contributed by atoms with Gasteiger partial charge in [0.1, 0.15) is 0 Å². The maximum atomic E-state index is 9.19. The van der Waals surface area contributed by atoms with Crippen LogP contribution in [0.3, 0.4) is 0 Å². The highest BCUT2D eigenvalue weighted by molar-refractivity contribution is 6.74. The molecule has 3 heteroatoms. The van der Waals surface area contributed by atoms with E-state index in [-0.39, 0.29) is 17.7 Å². The van der Waals surface area contributed by atoms with Crippen LogP contribution in [0, 0.1) is 11.3 Å². The van der Waals surface area contributed by atoms with Crippen molar-refractivity contribution in [3.63, 3.8) is 0 Å². The van der Waals surface area contributed by atoms with Gasteiger partial charge in [0.15, 0.2) is 8.32 Å². The SMILES string of the molecule is CC(C)(C)[Si](C)(C)OC(C=CCO)C1(CC2CC2)CCC1. The quantitative estimate of drug-likeness (QED) is 0.535. The van der Waals surface area contributed by atoms with Gasteiger partial charge >= 0.3 is 0 Å². The van der Waals surface area contributed by atoms with E-state index in [0.717, 1.165) is 5.92 Å². The largest absolute Gasteiger partial charge is 0.410 e. The lowest BCUT2D eigenvalue weighted by Gasteiger charge is -2.51. The van der Waals surface area contributed by atoms with Gasteiger partial charge < -0.3 is 9.53 Å². The molecule has 0 saturated heterocycles. The van der Waals surface area contributed by atoms with Crippen LogP contribution >= 0.6 is 0 Å². The Morgan fingerprint density at radius 3 is 2.29 bits per heavy atom. The lowest BCUT2D eigenvalue weighted by atomic mass is 9.62. The summed E-state index contributed by atoms with van der Waals surface area (Å²) in [6.45, 7) is 11.7. The van der Waals surface area contributed by atoms with Crippen LogP contribution in [0.4, 0.5) is 0 Å². The van der Waals surface area contributed by atoms with Gasteiger partial charge in [0, 0.05) is 0 Å². The van der Waals surface area contributed by atoms with Crippen LogP contribution in [0.1, 0.15) is 59.3 Å². The Morgan fingerprint density at radius 2 is 1.90 bits per heavy atom. The second kappa shape index (κ2) is 6.17. The second-order valence-corrected chi connectivity index (χ2v) is 13.5. The molecular weight excluding hydrogens is 276 g/mol. The molecular formula is C18H34O2Si. The number of aliphatic hydroxyl groups is 1. The fourth-order valence-corrected chi connectivity index (χ4v) is 4.50. The minimum Gasteiger partial charge on any atom is -0.410 e. The van der Waals surface area contributed by atoms with E-state index in [1.54, 1.807) is 0 Å². The highest BCUT2D eigenvalue weighted by Crippen LogP contribution is 2.55. The Bertz CT molecular complexity index is 373. The van der Waals surface area contributed by atoms with E-state index in [1.807, 2.05) is 6.08 Å². The summed E-state index contributed by atoms with van der Waals surface area (Å²) >= 11 is 0. The molecule has 2 rings (SSSR count). The van der Waals surface area contributed by atoms with Gasteiger partial charge in [-0.15, -0.1) is 0 Å². The monoisotopic (exact) mass is 310 g/mol. The van der Waals surface area contributed by atoms with Crippen LogP contribution in [0.2, 0.25) is 18.1 Å². The van der Waals surface area contributed by atoms with Crippen molar-refractivity contribution in [2.24, 2.45) is 11.3 Å². The molecule has 122 valence electrons. The maximum absolute atomic E-state index is 9.19. The first-order chi connectivity index (χ1) is 9.70. The van der Waals surface area contributed by atoms with E-state index in [4.69, 9.17) is 4.43 Å². The molecule has 0 aromatic rings. The van der Waals surface area contributed by atoms with E-state index in [2.05, 4.69) is 39.9 Å². The Hall–Kier alpha value is -0.123. The summed E-state index contributed by atoms with van der Waals surface area (Å²) in [5.41, 5.74) is 0.363. The van der Waals surface area contributed by atoms with E-state index >= 15 is 0 Å². The average molecular weight is 311 g/mol. The molecule has 0 bridgehead atoms. The Balaban J connectivity index is 2.15. The molecule has 2 nitrogen and oxygen atoms in total. The standard InChI is InChI=1S/C18H34O2Si/c1-17(2,3)21(4,5)20-16(8-6-13-19)18(11-7-12-18)14-15-9-10-15/h6,8,15-16,19H,7,9-14H2,1-5H3. The minimum absolute atomic E-state index is 0.122. The van der Waals surface area contributed by atoms with E-state index in [9.17, 15) is 5.11 Å². The minimum atomic E-state index is -1.77. The van der Waals surface area contributed by atoms with Crippen LogP contribution in [0.25, 0.3) is 0 Å². The summed E-state index contributed by atoms with van der Waals surface area (Å²) in [6.07, 6.45) is 12.4. The van der Waals surface area contributed by atoms with Gasteiger partial charge in [0.25, 0.3) is 0 Å². The van der Waals surface area contributed by atoms with Crippen molar-refractivity contribution < 1.29 is 9.53 Å². The summed E-state index contributed by atoms with van der Waals surface area (Å²) < 4.78 is 6.78. The fourth-order valence-electron chi connectivity index (χ4n) is 3.18. The zero-order valence-electron chi connectivity index (χ0n) is 14.6. The van der Waals surface area contributed by atoms with E-state index < -0.39 is 8.32 Å². The summed E-state index contributed by atoms with van der Waals surface area (Å²) in [5, 5.41) is 9.43. The third-order valence-electron chi connectivity index (χ3n) is 5.99. The average Bonchev–Trinajstić information content (AvgIpc) is 3.11. The maximum Gasteiger partial charge on any atom is 0.192 e. The predicted octanol–water partition coefficient (Wildman–Crippen LogP) is 4.90. The molecule has 1 N–H and O–H groups in total. The summed E-state index contributed by atoms with van der Waals surface area (Å²) in [5.74, 6) is 0.943. The first-order valence-corrected chi connectivity index (χ1v) is 11.6. The zero-order valence-corrected chi connectivity index (χ0v) is 15.6. The topological polar surface area (TPSA) is 29.5 Å². The molecule has 1 unspecified atom stereocenters. The summed E-state index contributed by atoms with van der Waals surface area (Å²) in [6, 6.07) is 0. The van der Waals surface area contributed by atoms with Crippen LogP contribution in [0.15, 0.2) is 12.2 Å². The van der Waals surface area contributed by atoms with Crippen molar-refractivity contribution in [3.8, 4) is 0 Å². The van der Waals surface area contributed by atoms with Crippen molar-refractivity contribution in [2.75, 3.05) is 6.61 Å². The molecule has 2 saturated carbocycles. The zero-order chi connectivity index (χ0) is 15.7. The second-order valence-electron chi connectivity index (χ2n) is 8.77. The number of rotatable bonds is 7. The van der Waals surface area contributed by atoms with Crippen molar-refractivity contribution in [1.29, 1.82) is 0 Å². The van der Waals surface area contributed by atoms with Gasteiger partial charge in [-0.05, 0) is 48.7 Å². The van der Waals surface area contributed by atoms with Crippen molar-refractivity contribution in [1.82, 2.24) is 0 Å². The molecule has 0 aromatic heterocycles. The highest BCUT2D eigenvalue weighted by atomic mass is 28.4. The van der Waals surface area contributed by atoms with Gasteiger partial charge in [0.05, 0.1) is 12.7 Å². The lowest BCUT2D eigenvalue weighted by molar-refractivity contribution is -0.00971. The predicted molar refractivity (Wildman–Crippen MR) is 91.9 cm³/mol. The van der Waals surface area contributed by atoms with Crippen molar-refractivity contribution in [3.05, 3.63) is 12.2 Å². The van der Waals surface area contributed by atoms with Crippen LogP contribution in [0.5, 0.6) is 0 Å². The van der Waals surface area contributed by atoms with E-state index in [1.165, 1.54) is 38.5 Å². The Kier molecular flexibility index (Phi) is 5.06. The molecule has 2 aliphatic rings. The number of hydrogen-bond donors (Lipinski definition) is 1. The number of aliphatic hydroxyl groups excluding tert-OH is 1. The molecule has 0 heterocycles. The third kappa shape index (κ3) is 3.99. The molecule has 2 fully saturated rings. The lowest BCUT2D eigenvalue weighted by Crippen LogP contribution is -2.51. The summed E-state index contributed by atoms with van der Waals surface area (Å²) in [4.78, 5) is 0. The molecule has 21 heavy (non-hydrogen) atoms. The molecule has 0 radical (unpaired) electrons. The molecule has 0 aliphatic heterocycles. The van der Waals surface area contributed by atoms with Gasteiger partial charge in [-0.3, -0.25) is 0 Å². The smallest absolute Gasteiger partial charge is 0.192 e. The third-order valence-corrected chi connectivity index (χ3v) is 10.4. The van der Waals surface area contributed by atoms with Crippen LogP contribution < -0.4 is 0 Å². The Labute approximate surface area is 132 Å². The Morgan fingerprint density at radius 1 is 1.29 bits per heavy atom. The first-order valence-electron chi connectivity index (χ1n) is 8.66. The summed E-state index contributed by atoms with van der Waals surface area (Å²) in [7, 11) is -1.77. The normalized spacial score (nSPS) is 24.1.